The summed E-state index contributed by atoms with van der Waals surface area (Å²) in [6.07, 6.45) is 0. The van der Waals surface area contributed by atoms with E-state index < -0.39 is 24.7 Å². The van der Waals surface area contributed by atoms with Crippen LogP contribution in [0.1, 0.15) is 38.8 Å². The third-order valence-corrected chi connectivity index (χ3v) is 4.55. The monoisotopic (exact) mass is 395 g/mol. The van der Waals surface area contributed by atoms with E-state index in [-0.39, 0.29) is 29.0 Å². The zero-order valence-corrected chi connectivity index (χ0v) is 17.2. The Morgan fingerprint density at radius 1 is 1.11 bits per heavy atom. The van der Waals surface area contributed by atoms with Gasteiger partial charge in [-0.05, 0) is 13.0 Å². The number of nitro groups is 1. The van der Waals surface area contributed by atoms with Crippen LogP contribution in [0.15, 0.2) is 42.5 Å². The van der Waals surface area contributed by atoms with Crippen LogP contribution < -0.4 is 0 Å². The lowest BCUT2D eigenvalue weighted by Crippen LogP contribution is -2.17. The zero-order chi connectivity index (χ0) is 20.9. The van der Waals surface area contributed by atoms with Crippen molar-refractivity contribution in [2.45, 2.75) is 26.6 Å². The van der Waals surface area contributed by atoms with E-state index in [9.17, 15) is 19.7 Å². The number of benzene rings is 2. The largest absolute Gasteiger partial charge is 0.462 e. The van der Waals surface area contributed by atoms with Crippen LogP contribution in [0.4, 0.5) is 5.69 Å². The van der Waals surface area contributed by atoms with Crippen molar-refractivity contribution in [2.75, 3.05) is 6.61 Å². The van der Waals surface area contributed by atoms with E-state index >= 15 is 0 Å². The van der Waals surface area contributed by atoms with Crippen LogP contribution in [-0.4, -0.2) is 31.4 Å². The molecule has 2 aromatic rings. The van der Waals surface area contributed by atoms with Crippen molar-refractivity contribution in [2.24, 2.45) is 0 Å². The van der Waals surface area contributed by atoms with Gasteiger partial charge in [0.1, 0.15) is 13.6 Å². The molecule has 0 amide bonds. The van der Waals surface area contributed by atoms with Crippen molar-refractivity contribution in [3.8, 4) is 11.5 Å². The SMILES string of the molecule is CCOC(=O)c1cc(C(=O)c2ccccc2)cc([N+](=O)[O-])c1C#C[Si](C)(C)C. The molecule has 2 aromatic carbocycles. The van der Waals surface area contributed by atoms with Crippen molar-refractivity contribution in [1.29, 1.82) is 0 Å². The molecule has 0 bridgehead atoms. The summed E-state index contributed by atoms with van der Waals surface area (Å²) in [5.41, 5.74) is 2.99. The summed E-state index contributed by atoms with van der Waals surface area (Å²) in [5.74, 6) is 1.65. The van der Waals surface area contributed by atoms with Crippen LogP contribution in [0.5, 0.6) is 0 Å². The molecule has 0 spiro atoms. The highest BCUT2D eigenvalue weighted by molar-refractivity contribution is 6.83. The predicted octanol–water partition coefficient (Wildman–Crippen LogP) is 4.23. The normalized spacial score (nSPS) is 10.6. The lowest BCUT2D eigenvalue weighted by Gasteiger charge is -2.10. The van der Waals surface area contributed by atoms with E-state index in [0.29, 0.717) is 5.56 Å². The van der Waals surface area contributed by atoms with Gasteiger partial charge < -0.3 is 4.74 Å². The molecule has 0 N–H and O–H groups in total. The van der Waals surface area contributed by atoms with Crippen LogP contribution in [-0.2, 0) is 4.74 Å². The summed E-state index contributed by atoms with van der Waals surface area (Å²) in [5, 5.41) is 11.7. The first-order chi connectivity index (χ1) is 13.1. The van der Waals surface area contributed by atoms with Crippen LogP contribution in [0, 0.1) is 21.6 Å². The highest BCUT2D eigenvalue weighted by Gasteiger charge is 2.26. The standard InChI is InChI=1S/C21H21NO5Si/c1-5-27-21(24)18-13-16(20(23)15-9-7-6-8-10-15)14-19(22(25)26)17(18)11-12-28(2,3)4/h6-10,13-14H,5H2,1-4H3. The van der Waals surface area contributed by atoms with E-state index in [2.05, 4.69) is 11.5 Å². The molecule has 0 unspecified atom stereocenters. The fourth-order valence-corrected chi connectivity index (χ4v) is 2.91. The van der Waals surface area contributed by atoms with Crippen molar-refractivity contribution in [1.82, 2.24) is 0 Å². The summed E-state index contributed by atoms with van der Waals surface area (Å²) in [6.45, 7) is 7.71. The molecule has 0 aliphatic carbocycles. The van der Waals surface area contributed by atoms with Crippen molar-refractivity contribution in [3.05, 3.63) is 74.8 Å². The fraction of sp³-hybridized carbons (Fsp3) is 0.238. The second-order valence-corrected chi connectivity index (χ2v) is 11.8. The maximum absolute atomic E-state index is 12.8. The van der Waals surface area contributed by atoms with Gasteiger partial charge in [0.15, 0.2) is 5.78 Å². The third kappa shape index (κ3) is 5.15. The van der Waals surface area contributed by atoms with Gasteiger partial charge in [-0.3, -0.25) is 14.9 Å². The zero-order valence-electron chi connectivity index (χ0n) is 16.2. The molecular formula is C21H21NO5Si. The maximum Gasteiger partial charge on any atom is 0.339 e. The average Bonchev–Trinajstić information content (AvgIpc) is 2.65. The fourth-order valence-electron chi connectivity index (χ4n) is 2.41. The average molecular weight is 395 g/mol. The van der Waals surface area contributed by atoms with E-state index in [4.69, 9.17) is 4.74 Å². The van der Waals surface area contributed by atoms with Crippen LogP contribution >= 0.6 is 0 Å². The highest BCUT2D eigenvalue weighted by Crippen LogP contribution is 2.27. The van der Waals surface area contributed by atoms with Crippen molar-refractivity contribution < 1.29 is 19.2 Å². The minimum atomic E-state index is -1.86. The Hall–Kier alpha value is -3.24. The van der Waals surface area contributed by atoms with Gasteiger partial charge in [0.2, 0.25) is 0 Å². The first-order valence-electron chi connectivity index (χ1n) is 8.76. The first kappa shape index (κ1) is 21.1. The molecule has 0 heterocycles. The summed E-state index contributed by atoms with van der Waals surface area (Å²) in [6, 6.07) is 10.9. The minimum Gasteiger partial charge on any atom is -0.462 e. The number of hydrogen-bond acceptors (Lipinski definition) is 5. The van der Waals surface area contributed by atoms with E-state index in [1.807, 2.05) is 19.6 Å². The molecule has 0 atom stereocenters. The number of nitrogens with zero attached hydrogens (tertiary/aromatic N) is 1. The van der Waals surface area contributed by atoms with Crippen LogP contribution in [0.2, 0.25) is 19.6 Å². The molecule has 0 aliphatic heterocycles. The Bertz CT molecular complexity index is 982. The lowest BCUT2D eigenvalue weighted by atomic mass is 9.96. The summed E-state index contributed by atoms with van der Waals surface area (Å²) >= 11 is 0. The molecular weight excluding hydrogens is 374 g/mol. The Morgan fingerprint density at radius 2 is 1.75 bits per heavy atom. The van der Waals surface area contributed by atoms with Gasteiger partial charge in [0.05, 0.1) is 17.1 Å². The Balaban J connectivity index is 2.74. The number of ether oxygens (including phenoxy) is 1. The molecule has 28 heavy (non-hydrogen) atoms. The summed E-state index contributed by atoms with van der Waals surface area (Å²) in [7, 11) is -1.86. The number of carbonyl (C=O) groups is 2. The second kappa shape index (κ2) is 8.63. The Kier molecular flexibility index (Phi) is 6.49. The van der Waals surface area contributed by atoms with Gasteiger partial charge >= 0.3 is 5.97 Å². The number of esters is 1. The topological polar surface area (TPSA) is 86.5 Å². The van der Waals surface area contributed by atoms with Crippen LogP contribution in [0.25, 0.3) is 0 Å². The van der Waals surface area contributed by atoms with E-state index in [1.54, 1.807) is 37.3 Å². The van der Waals surface area contributed by atoms with Gasteiger partial charge in [-0.15, -0.1) is 5.54 Å². The smallest absolute Gasteiger partial charge is 0.339 e. The molecule has 6 nitrogen and oxygen atoms in total. The second-order valence-electron chi connectivity index (χ2n) is 7.09. The molecule has 2 rings (SSSR count). The molecule has 0 aliphatic rings. The summed E-state index contributed by atoms with van der Waals surface area (Å²) < 4.78 is 5.05. The van der Waals surface area contributed by atoms with Gasteiger partial charge in [0, 0.05) is 17.2 Å². The minimum absolute atomic E-state index is 0.0181. The Morgan fingerprint density at radius 3 is 2.29 bits per heavy atom. The Labute approximate surface area is 164 Å². The number of nitro benzene ring substituents is 1. The van der Waals surface area contributed by atoms with Crippen molar-refractivity contribution >= 4 is 25.5 Å². The summed E-state index contributed by atoms with van der Waals surface area (Å²) in [4.78, 5) is 36.3. The van der Waals surface area contributed by atoms with Crippen molar-refractivity contribution in [3.63, 3.8) is 0 Å². The number of rotatable bonds is 5. The van der Waals surface area contributed by atoms with E-state index in [1.165, 1.54) is 12.1 Å². The lowest BCUT2D eigenvalue weighted by molar-refractivity contribution is -0.385. The third-order valence-electron chi connectivity index (χ3n) is 3.67. The molecule has 144 valence electrons. The molecule has 0 fully saturated rings. The molecule has 0 aromatic heterocycles. The van der Waals surface area contributed by atoms with Gasteiger partial charge in [-0.1, -0.05) is 55.9 Å². The maximum atomic E-state index is 12.8. The molecule has 0 radical (unpaired) electrons. The molecule has 0 saturated heterocycles. The number of carbonyl (C=O) groups excluding carboxylic acids is 2. The molecule has 7 heteroatoms. The number of hydrogen-bond donors (Lipinski definition) is 0. The molecule has 0 saturated carbocycles. The predicted molar refractivity (Wildman–Crippen MR) is 109 cm³/mol. The quantitative estimate of drug-likeness (QED) is 0.189. The van der Waals surface area contributed by atoms with Gasteiger partial charge in [0.25, 0.3) is 5.69 Å². The van der Waals surface area contributed by atoms with Gasteiger partial charge in [-0.25, -0.2) is 4.79 Å². The first-order valence-corrected chi connectivity index (χ1v) is 12.3. The highest BCUT2D eigenvalue weighted by atomic mass is 28.3. The van der Waals surface area contributed by atoms with Gasteiger partial charge in [-0.2, -0.15) is 0 Å². The van der Waals surface area contributed by atoms with E-state index in [0.717, 1.165) is 0 Å². The van der Waals surface area contributed by atoms with Crippen LogP contribution in [0.3, 0.4) is 0 Å². The number of ketones is 1.